The summed E-state index contributed by atoms with van der Waals surface area (Å²) >= 11 is 7.05. The second-order valence-electron chi connectivity index (χ2n) is 4.32. The van der Waals surface area contributed by atoms with E-state index >= 15 is 0 Å². The van der Waals surface area contributed by atoms with Crippen LogP contribution in [0.15, 0.2) is 53.0 Å². The van der Waals surface area contributed by atoms with Gasteiger partial charge >= 0.3 is 0 Å². The average Bonchev–Trinajstić information content (AvgIpc) is 2.50. The summed E-state index contributed by atoms with van der Waals surface area (Å²) in [5, 5.41) is 0.741. The molecular weight excluding hydrogens is 384 g/mol. The fourth-order valence-electron chi connectivity index (χ4n) is 1.88. The predicted octanol–water partition coefficient (Wildman–Crippen LogP) is 5.11. The maximum atomic E-state index is 6.01. The van der Waals surface area contributed by atoms with Crippen LogP contribution in [-0.4, -0.2) is 12.4 Å². The van der Waals surface area contributed by atoms with E-state index < -0.39 is 0 Å². The first-order valence-electron chi connectivity index (χ1n) is 6.29. The molecule has 20 heavy (non-hydrogen) atoms. The molecule has 1 atom stereocenters. The molecule has 2 nitrogen and oxygen atoms in total. The van der Waals surface area contributed by atoms with E-state index in [0.717, 1.165) is 26.7 Å². The van der Waals surface area contributed by atoms with Crippen LogP contribution in [0, 0.1) is 0 Å². The van der Waals surface area contributed by atoms with E-state index in [9.17, 15) is 0 Å². The Morgan fingerprint density at radius 2 is 1.90 bits per heavy atom. The summed E-state index contributed by atoms with van der Waals surface area (Å²) in [5.41, 5.74) is 2.25. The van der Waals surface area contributed by atoms with Gasteiger partial charge in [0.1, 0.15) is 5.75 Å². The van der Waals surface area contributed by atoms with Crippen molar-refractivity contribution < 1.29 is 9.47 Å². The Hall–Kier alpha value is -0.840. The van der Waals surface area contributed by atoms with E-state index in [-0.39, 0.29) is 6.10 Å². The normalized spacial score (nSPS) is 12.2. The van der Waals surface area contributed by atoms with Crippen molar-refractivity contribution in [3.05, 3.63) is 64.1 Å². The van der Waals surface area contributed by atoms with Crippen molar-refractivity contribution in [3.8, 4) is 5.75 Å². The Kier molecular flexibility index (Phi) is 6.07. The molecule has 4 heteroatoms. The van der Waals surface area contributed by atoms with Crippen LogP contribution in [0.25, 0.3) is 0 Å². The maximum absolute atomic E-state index is 6.01. The van der Waals surface area contributed by atoms with Crippen molar-refractivity contribution in [2.24, 2.45) is 0 Å². The van der Waals surface area contributed by atoms with Crippen LogP contribution < -0.4 is 4.74 Å². The number of rotatable bonds is 6. The van der Waals surface area contributed by atoms with Gasteiger partial charge in [0.25, 0.3) is 0 Å². The molecule has 2 aromatic rings. The summed E-state index contributed by atoms with van der Waals surface area (Å²) in [5.74, 6) is 0.845. The predicted molar refractivity (Wildman–Crippen MR) is 88.5 cm³/mol. The number of methoxy groups -OCH3 is 1. The highest BCUT2D eigenvalue weighted by Gasteiger charge is 2.12. The maximum Gasteiger partial charge on any atom is 0.119 e. The van der Waals surface area contributed by atoms with Crippen LogP contribution >= 0.6 is 31.9 Å². The highest BCUT2D eigenvalue weighted by Crippen LogP contribution is 2.26. The first kappa shape index (κ1) is 15.5. The van der Waals surface area contributed by atoms with Crippen LogP contribution in [-0.2, 0) is 11.3 Å². The van der Waals surface area contributed by atoms with Gasteiger partial charge in [0.15, 0.2) is 0 Å². The van der Waals surface area contributed by atoms with Gasteiger partial charge in [0, 0.05) is 9.80 Å². The molecular formula is C16H16Br2O2. The summed E-state index contributed by atoms with van der Waals surface area (Å²) in [6, 6.07) is 16.1. The van der Waals surface area contributed by atoms with Crippen molar-refractivity contribution in [1.82, 2.24) is 0 Å². The molecule has 0 saturated carbocycles. The Morgan fingerprint density at radius 1 is 1.10 bits per heavy atom. The molecule has 0 aliphatic heterocycles. The molecule has 0 radical (unpaired) electrons. The number of ether oxygens (including phenoxy) is 2. The van der Waals surface area contributed by atoms with E-state index in [0.29, 0.717) is 6.61 Å². The molecule has 2 rings (SSSR count). The zero-order chi connectivity index (χ0) is 14.4. The Balaban J connectivity index is 2.07. The molecule has 0 heterocycles. The van der Waals surface area contributed by atoms with Crippen molar-refractivity contribution in [1.29, 1.82) is 0 Å². The Labute approximate surface area is 136 Å². The highest BCUT2D eigenvalue weighted by atomic mass is 79.9. The zero-order valence-corrected chi connectivity index (χ0v) is 14.4. The molecule has 0 aliphatic rings. The highest BCUT2D eigenvalue weighted by molar-refractivity contribution is 9.10. The van der Waals surface area contributed by atoms with Gasteiger partial charge in [0.2, 0.25) is 0 Å². The third-order valence-corrected chi connectivity index (χ3v) is 4.37. The third kappa shape index (κ3) is 4.08. The minimum atomic E-state index is -0.00259. The molecule has 2 aromatic carbocycles. The van der Waals surface area contributed by atoms with Crippen molar-refractivity contribution in [2.75, 3.05) is 12.4 Å². The van der Waals surface area contributed by atoms with Gasteiger partial charge in [-0.05, 0) is 29.3 Å². The van der Waals surface area contributed by atoms with Crippen molar-refractivity contribution in [3.63, 3.8) is 0 Å². The number of benzene rings is 2. The molecule has 0 saturated heterocycles. The summed E-state index contributed by atoms with van der Waals surface area (Å²) in [4.78, 5) is 0. The van der Waals surface area contributed by atoms with Crippen LogP contribution in [0.1, 0.15) is 17.2 Å². The molecule has 0 spiro atoms. The quantitative estimate of drug-likeness (QED) is 0.628. The summed E-state index contributed by atoms with van der Waals surface area (Å²) in [6.45, 7) is 0.564. The zero-order valence-electron chi connectivity index (χ0n) is 11.2. The number of hydrogen-bond donors (Lipinski definition) is 0. The van der Waals surface area contributed by atoms with Gasteiger partial charge in [-0.2, -0.15) is 0 Å². The van der Waals surface area contributed by atoms with Crippen molar-refractivity contribution >= 4 is 31.9 Å². The van der Waals surface area contributed by atoms with Gasteiger partial charge in [-0.1, -0.05) is 62.2 Å². The van der Waals surface area contributed by atoms with Crippen LogP contribution in [0.4, 0.5) is 0 Å². The lowest BCUT2D eigenvalue weighted by atomic mass is 10.1. The number of halogens is 2. The molecule has 0 bridgehead atoms. The van der Waals surface area contributed by atoms with Gasteiger partial charge in [0.05, 0.1) is 19.8 Å². The second kappa shape index (κ2) is 7.81. The minimum absolute atomic E-state index is 0.00259. The average molecular weight is 400 g/mol. The lowest BCUT2D eigenvalue weighted by molar-refractivity contribution is 0.0561. The van der Waals surface area contributed by atoms with Crippen molar-refractivity contribution in [2.45, 2.75) is 12.7 Å². The topological polar surface area (TPSA) is 18.5 Å². The molecule has 0 aliphatic carbocycles. The fraction of sp³-hybridized carbons (Fsp3) is 0.250. The van der Waals surface area contributed by atoms with E-state index in [1.165, 1.54) is 0 Å². The lowest BCUT2D eigenvalue weighted by Crippen LogP contribution is -2.06. The first-order chi connectivity index (χ1) is 9.74. The SMILES string of the molecule is COc1cccc(C(CBr)OCc2ccccc2Br)c1. The van der Waals surface area contributed by atoms with Crippen LogP contribution in [0.3, 0.4) is 0 Å². The minimum Gasteiger partial charge on any atom is -0.497 e. The molecule has 0 aromatic heterocycles. The summed E-state index contributed by atoms with van der Waals surface area (Å²) < 4.78 is 12.3. The van der Waals surface area contributed by atoms with Crippen LogP contribution in [0.2, 0.25) is 0 Å². The van der Waals surface area contributed by atoms with Gasteiger partial charge in [-0.15, -0.1) is 0 Å². The summed E-state index contributed by atoms with van der Waals surface area (Å²) in [7, 11) is 1.67. The monoisotopic (exact) mass is 398 g/mol. The van der Waals surface area contributed by atoms with E-state index in [1.54, 1.807) is 7.11 Å². The Morgan fingerprint density at radius 3 is 2.60 bits per heavy atom. The van der Waals surface area contributed by atoms with Crippen LogP contribution in [0.5, 0.6) is 5.75 Å². The number of alkyl halides is 1. The lowest BCUT2D eigenvalue weighted by Gasteiger charge is -2.17. The van der Waals surface area contributed by atoms with Gasteiger partial charge < -0.3 is 9.47 Å². The van der Waals surface area contributed by atoms with E-state index in [4.69, 9.17) is 9.47 Å². The molecule has 106 valence electrons. The van der Waals surface area contributed by atoms with E-state index in [1.807, 2.05) is 36.4 Å². The molecule has 0 N–H and O–H groups in total. The van der Waals surface area contributed by atoms with E-state index in [2.05, 4.69) is 44.0 Å². The first-order valence-corrected chi connectivity index (χ1v) is 8.21. The fourth-order valence-corrected chi connectivity index (χ4v) is 2.84. The summed E-state index contributed by atoms with van der Waals surface area (Å²) in [6.07, 6.45) is -0.00259. The Bertz CT molecular complexity index is 558. The largest absolute Gasteiger partial charge is 0.497 e. The molecule has 0 fully saturated rings. The number of hydrogen-bond acceptors (Lipinski definition) is 2. The van der Waals surface area contributed by atoms with Gasteiger partial charge in [-0.25, -0.2) is 0 Å². The smallest absolute Gasteiger partial charge is 0.119 e. The standard InChI is InChI=1S/C16H16Br2O2/c1-19-14-7-4-6-12(9-14)16(10-17)20-11-13-5-2-3-8-15(13)18/h2-9,16H,10-11H2,1H3. The third-order valence-electron chi connectivity index (χ3n) is 3.00. The molecule has 1 unspecified atom stereocenters. The molecule has 0 amide bonds. The van der Waals surface area contributed by atoms with Gasteiger partial charge in [-0.3, -0.25) is 0 Å². The second-order valence-corrected chi connectivity index (χ2v) is 5.82.